The number of halogens is 1. The molecule has 2 aromatic rings. The number of Topliss-reactive ketones (excluding diaryl/α,β-unsaturated/α-hetero) is 1. The van der Waals surface area contributed by atoms with Gasteiger partial charge < -0.3 is 0 Å². The van der Waals surface area contributed by atoms with Gasteiger partial charge in [-0.1, -0.05) is 11.6 Å². The van der Waals surface area contributed by atoms with E-state index in [1.807, 2.05) is 0 Å². The van der Waals surface area contributed by atoms with Crippen molar-refractivity contribution in [2.75, 3.05) is 6.54 Å². The highest BCUT2D eigenvalue weighted by Gasteiger charge is 2.62. The van der Waals surface area contributed by atoms with Crippen LogP contribution in [0.1, 0.15) is 40.0 Å². The lowest BCUT2D eigenvalue weighted by atomic mass is 9.81. The number of rotatable bonds is 6. The third-order valence-corrected chi connectivity index (χ3v) is 7.42. The second-order valence-electron chi connectivity index (χ2n) is 8.97. The van der Waals surface area contributed by atoms with Crippen LogP contribution in [0.5, 0.6) is 0 Å². The normalized spacial score (nSPS) is 24.9. The summed E-state index contributed by atoms with van der Waals surface area (Å²) in [6, 6.07) is 10.9. The maximum Gasteiger partial charge on any atom is 0.273 e. The molecule has 2 bridgehead atoms. The molecule has 2 saturated carbocycles. The first-order valence-corrected chi connectivity index (χ1v) is 11.4. The summed E-state index contributed by atoms with van der Waals surface area (Å²) in [5, 5.41) is 13.1. The number of amides is 3. The minimum atomic E-state index is -0.680. The van der Waals surface area contributed by atoms with E-state index in [4.69, 9.17) is 11.6 Å². The zero-order chi connectivity index (χ0) is 24.1. The lowest BCUT2D eigenvalue weighted by Gasteiger charge is -2.30. The Balaban J connectivity index is 1.47. The number of nitro groups is 1. The average molecular weight is 482 g/mol. The highest BCUT2D eigenvalue weighted by molar-refractivity contribution is 6.30. The van der Waals surface area contributed by atoms with Crippen LogP contribution in [-0.2, 0) is 9.59 Å². The molecule has 34 heavy (non-hydrogen) atoms. The first-order valence-electron chi connectivity index (χ1n) is 11.0. The summed E-state index contributed by atoms with van der Waals surface area (Å²) in [5.41, 5.74) is 0.110. The van der Waals surface area contributed by atoms with Crippen molar-refractivity contribution in [1.82, 2.24) is 10.0 Å². The topological polar surface area (TPSA) is 118 Å². The minimum Gasteiger partial charge on any atom is -0.292 e. The van der Waals surface area contributed by atoms with E-state index in [1.54, 1.807) is 0 Å². The van der Waals surface area contributed by atoms with Crippen molar-refractivity contribution in [3.63, 3.8) is 0 Å². The predicted molar refractivity (Wildman–Crippen MR) is 120 cm³/mol. The molecule has 4 atom stereocenters. The summed E-state index contributed by atoms with van der Waals surface area (Å²) in [4.78, 5) is 63.5. The Morgan fingerprint density at radius 3 is 2.00 bits per heavy atom. The van der Waals surface area contributed by atoms with Crippen LogP contribution in [0.3, 0.4) is 0 Å². The van der Waals surface area contributed by atoms with E-state index in [2.05, 4.69) is 0 Å². The van der Waals surface area contributed by atoms with Crippen molar-refractivity contribution in [3.8, 4) is 0 Å². The lowest BCUT2D eigenvalue weighted by molar-refractivity contribution is -0.384. The molecule has 1 aliphatic heterocycles. The highest BCUT2D eigenvalue weighted by atomic mass is 35.5. The Morgan fingerprint density at radius 2 is 1.47 bits per heavy atom. The Morgan fingerprint density at radius 1 is 0.941 bits per heavy atom. The molecular formula is C24H20ClN3O6. The van der Waals surface area contributed by atoms with E-state index in [9.17, 15) is 29.3 Å². The van der Waals surface area contributed by atoms with E-state index in [1.165, 1.54) is 48.5 Å². The van der Waals surface area contributed by atoms with Crippen molar-refractivity contribution in [1.29, 1.82) is 0 Å². The van der Waals surface area contributed by atoms with Crippen LogP contribution in [0.4, 0.5) is 5.69 Å². The van der Waals surface area contributed by atoms with Gasteiger partial charge in [0.1, 0.15) is 6.54 Å². The molecule has 2 aliphatic carbocycles. The molecule has 0 unspecified atom stereocenters. The number of nitro benzene ring substituents is 1. The van der Waals surface area contributed by atoms with Gasteiger partial charge >= 0.3 is 0 Å². The van der Waals surface area contributed by atoms with Crippen molar-refractivity contribution in [3.05, 3.63) is 74.8 Å². The van der Waals surface area contributed by atoms with Crippen LogP contribution in [0.2, 0.25) is 5.02 Å². The highest BCUT2D eigenvalue weighted by Crippen LogP contribution is 2.56. The van der Waals surface area contributed by atoms with E-state index in [0.29, 0.717) is 5.02 Å². The third-order valence-electron chi connectivity index (χ3n) is 7.16. The number of carbonyl (C=O) groups is 4. The molecule has 3 fully saturated rings. The summed E-state index contributed by atoms with van der Waals surface area (Å²) in [6.45, 7) is -0.564. The molecule has 1 heterocycles. The van der Waals surface area contributed by atoms with E-state index in [0.717, 1.165) is 29.3 Å². The molecule has 0 radical (unpaired) electrons. The summed E-state index contributed by atoms with van der Waals surface area (Å²) in [7, 11) is 0. The van der Waals surface area contributed by atoms with Gasteiger partial charge in [-0.15, -0.1) is 0 Å². The lowest BCUT2D eigenvalue weighted by Crippen LogP contribution is -2.52. The number of benzene rings is 2. The molecule has 3 amide bonds. The molecule has 0 N–H and O–H groups in total. The van der Waals surface area contributed by atoms with Crippen molar-refractivity contribution < 1.29 is 24.1 Å². The van der Waals surface area contributed by atoms with Crippen LogP contribution in [-0.4, -0.2) is 45.0 Å². The monoisotopic (exact) mass is 481 g/mol. The largest absolute Gasteiger partial charge is 0.292 e. The molecule has 0 aromatic heterocycles. The maximum atomic E-state index is 13.4. The van der Waals surface area contributed by atoms with Crippen molar-refractivity contribution in [2.24, 2.45) is 23.7 Å². The van der Waals surface area contributed by atoms with Gasteiger partial charge in [0.15, 0.2) is 5.78 Å². The summed E-state index contributed by atoms with van der Waals surface area (Å²) >= 11 is 5.93. The van der Waals surface area contributed by atoms with Gasteiger partial charge in [0.25, 0.3) is 23.4 Å². The quantitative estimate of drug-likeness (QED) is 0.269. The van der Waals surface area contributed by atoms with Gasteiger partial charge in [-0.05, 0) is 67.5 Å². The fraction of sp³-hybridized carbons (Fsp3) is 0.333. The molecule has 174 valence electrons. The fourth-order valence-corrected chi connectivity index (χ4v) is 5.73. The number of hydrogen-bond donors (Lipinski definition) is 0. The number of carbonyl (C=O) groups excluding carboxylic acids is 4. The Kier molecular flexibility index (Phi) is 5.44. The SMILES string of the molecule is O=C(CN(C(=O)c1ccc(Cl)cc1)N1C(=O)[C@@H]2[C@H]3CC[C@@H](C3)[C@@H]2C1=O)c1ccc([N+](=O)[O-])cc1. The van der Waals surface area contributed by atoms with Crippen LogP contribution < -0.4 is 0 Å². The van der Waals surface area contributed by atoms with Gasteiger partial charge in [0.05, 0.1) is 16.8 Å². The Bertz CT molecular complexity index is 1180. The van der Waals surface area contributed by atoms with Crippen molar-refractivity contribution in [2.45, 2.75) is 19.3 Å². The molecule has 1 saturated heterocycles. The summed E-state index contributed by atoms with van der Waals surface area (Å²) < 4.78 is 0. The minimum absolute atomic E-state index is 0.120. The fourth-order valence-electron chi connectivity index (χ4n) is 5.60. The first kappa shape index (κ1) is 22.2. The standard InChI is InChI=1S/C24H20ClN3O6/c25-17-7-3-14(4-8-17)22(30)26(12-19(29)13-5-9-18(10-6-13)28(33)34)27-23(31)20-15-1-2-16(11-15)21(20)24(27)32/h3-10,15-16,20-21H,1-2,11-12H2/t15-,16-,20-,21+/m0/s1. The van der Waals surface area contributed by atoms with Gasteiger partial charge in [-0.2, -0.15) is 5.01 Å². The Labute approximate surface area is 199 Å². The van der Waals surface area contributed by atoms with Gasteiger partial charge in [-0.3, -0.25) is 29.3 Å². The number of fused-ring (bicyclic) bond motifs is 5. The van der Waals surface area contributed by atoms with Crippen molar-refractivity contribution >= 4 is 40.8 Å². The average Bonchev–Trinajstić information content (AvgIpc) is 3.51. The number of hydrazine groups is 1. The number of imide groups is 1. The van der Waals surface area contributed by atoms with Gasteiger partial charge in [0, 0.05) is 28.3 Å². The van der Waals surface area contributed by atoms with Crippen LogP contribution in [0.15, 0.2) is 48.5 Å². The maximum absolute atomic E-state index is 13.4. The molecule has 2 aromatic carbocycles. The second kappa shape index (κ2) is 8.32. The molecular weight excluding hydrogens is 462 g/mol. The number of non-ortho nitro benzene ring substituents is 1. The zero-order valence-electron chi connectivity index (χ0n) is 17.9. The van der Waals surface area contributed by atoms with E-state index in [-0.39, 0.29) is 28.7 Å². The van der Waals surface area contributed by atoms with Crippen LogP contribution in [0.25, 0.3) is 0 Å². The van der Waals surface area contributed by atoms with Gasteiger partial charge in [0.2, 0.25) is 0 Å². The summed E-state index contributed by atoms with van der Waals surface area (Å²) in [6.07, 6.45) is 2.60. The zero-order valence-corrected chi connectivity index (χ0v) is 18.7. The number of nitrogens with zero attached hydrogens (tertiary/aromatic N) is 3. The predicted octanol–water partition coefficient (Wildman–Crippen LogP) is 3.52. The van der Waals surface area contributed by atoms with Crippen LogP contribution >= 0.6 is 11.6 Å². The molecule has 9 nitrogen and oxygen atoms in total. The second-order valence-corrected chi connectivity index (χ2v) is 9.41. The van der Waals surface area contributed by atoms with Crippen LogP contribution in [0, 0.1) is 33.8 Å². The van der Waals surface area contributed by atoms with E-state index < -0.39 is 46.8 Å². The molecule has 0 spiro atoms. The summed E-state index contributed by atoms with van der Waals surface area (Å²) in [5.74, 6) is -2.80. The number of ketones is 1. The van der Waals surface area contributed by atoms with E-state index >= 15 is 0 Å². The molecule has 5 rings (SSSR count). The smallest absolute Gasteiger partial charge is 0.273 e. The molecule has 3 aliphatic rings. The van der Waals surface area contributed by atoms with Gasteiger partial charge in [-0.25, -0.2) is 5.01 Å². The first-order chi connectivity index (χ1) is 16.3. The third kappa shape index (κ3) is 3.56. The molecule has 10 heteroatoms. The number of hydrogen-bond acceptors (Lipinski definition) is 6. The Hall–Kier alpha value is -3.59.